The zero-order chi connectivity index (χ0) is 13.8. The summed E-state index contributed by atoms with van der Waals surface area (Å²) in [7, 11) is -0.102. The van der Waals surface area contributed by atoms with Crippen LogP contribution in [-0.2, 0) is 14.3 Å². The van der Waals surface area contributed by atoms with Gasteiger partial charge in [-0.3, -0.25) is 4.90 Å². The van der Waals surface area contributed by atoms with Crippen molar-refractivity contribution in [3.8, 4) is 0 Å². The molecule has 0 bridgehead atoms. The van der Waals surface area contributed by atoms with Gasteiger partial charge in [-0.05, 0) is 27.2 Å². The van der Waals surface area contributed by atoms with Crippen LogP contribution in [0.5, 0.6) is 0 Å². The number of ether oxygens (including phenoxy) is 2. The molecule has 0 spiro atoms. The van der Waals surface area contributed by atoms with Crippen molar-refractivity contribution in [1.29, 1.82) is 0 Å². The van der Waals surface area contributed by atoms with E-state index in [9.17, 15) is 9.59 Å². The summed E-state index contributed by atoms with van der Waals surface area (Å²) >= 11 is 0. The summed E-state index contributed by atoms with van der Waals surface area (Å²) < 4.78 is 17.2. The molecule has 1 fully saturated rings. The molecular formula is C12H21NO4. The molecule has 0 unspecified atom stereocenters. The topological polar surface area (TPSA) is 55.8 Å². The van der Waals surface area contributed by atoms with E-state index in [0.717, 1.165) is 6.29 Å². The van der Waals surface area contributed by atoms with E-state index < -0.39 is 17.7 Å². The standard InChI is InChI=1S/C12H21NO4/c1-12(2,3)17-11(15)13-6-9(8-16-4)5-10(13)7-14/h7,9-10H,5-6,8H2,1-4H3/t9-,10-/m0/s1/i4D. The van der Waals surface area contributed by atoms with Gasteiger partial charge in [0.25, 0.3) is 0 Å². The van der Waals surface area contributed by atoms with Gasteiger partial charge >= 0.3 is 6.09 Å². The molecule has 5 nitrogen and oxygen atoms in total. The van der Waals surface area contributed by atoms with Crippen molar-refractivity contribution in [2.75, 3.05) is 20.2 Å². The number of hydrogen-bond donors (Lipinski definition) is 0. The molecule has 0 aromatic rings. The van der Waals surface area contributed by atoms with E-state index in [1.165, 1.54) is 4.90 Å². The zero-order valence-corrected chi connectivity index (χ0v) is 10.6. The Kier molecular flexibility index (Phi) is 3.99. The van der Waals surface area contributed by atoms with Gasteiger partial charge in [-0.15, -0.1) is 0 Å². The highest BCUT2D eigenvalue weighted by atomic mass is 16.6. The smallest absolute Gasteiger partial charge is 0.410 e. The molecule has 0 aromatic heterocycles. The molecule has 0 saturated carbocycles. The average molecular weight is 244 g/mol. The molecule has 1 heterocycles. The molecule has 5 heteroatoms. The highest BCUT2D eigenvalue weighted by Gasteiger charge is 2.37. The van der Waals surface area contributed by atoms with Crippen LogP contribution in [0.15, 0.2) is 0 Å². The molecule has 0 N–H and O–H groups in total. The highest BCUT2D eigenvalue weighted by molar-refractivity contribution is 5.74. The second-order valence-electron chi connectivity index (χ2n) is 5.31. The molecule has 1 rings (SSSR count). The zero-order valence-electron chi connectivity index (χ0n) is 11.6. The van der Waals surface area contributed by atoms with Crippen LogP contribution >= 0.6 is 0 Å². The molecule has 1 saturated heterocycles. The van der Waals surface area contributed by atoms with Crippen LogP contribution in [0.3, 0.4) is 0 Å². The fraction of sp³-hybridized carbons (Fsp3) is 0.833. The van der Waals surface area contributed by atoms with Crippen LogP contribution < -0.4 is 0 Å². The molecule has 98 valence electrons. The molecule has 17 heavy (non-hydrogen) atoms. The van der Waals surface area contributed by atoms with Gasteiger partial charge in [0.15, 0.2) is 0 Å². The van der Waals surface area contributed by atoms with Crippen molar-refractivity contribution < 1.29 is 20.4 Å². The number of hydrogen-bond acceptors (Lipinski definition) is 4. The lowest BCUT2D eigenvalue weighted by molar-refractivity contribution is -0.111. The van der Waals surface area contributed by atoms with E-state index in [1.807, 2.05) is 0 Å². The number of nitrogens with zero attached hydrogens (tertiary/aromatic N) is 1. The molecule has 0 aromatic carbocycles. The van der Waals surface area contributed by atoms with Crippen molar-refractivity contribution in [3.05, 3.63) is 0 Å². The predicted molar refractivity (Wildman–Crippen MR) is 62.8 cm³/mol. The van der Waals surface area contributed by atoms with Gasteiger partial charge in [0.05, 0.1) is 14.0 Å². The fourth-order valence-corrected chi connectivity index (χ4v) is 1.90. The minimum absolute atomic E-state index is 0.0954. The molecule has 1 aliphatic rings. The Balaban J connectivity index is 2.58. The third kappa shape index (κ3) is 4.00. The van der Waals surface area contributed by atoms with Crippen molar-refractivity contribution >= 4 is 12.4 Å². The van der Waals surface area contributed by atoms with E-state index in [0.29, 0.717) is 19.6 Å². The van der Waals surface area contributed by atoms with Crippen LogP contribution in [0.4, 0.5) is 4.79 Å². The lowest BCUT2D eigenvalue weighted by Crippen LogP contribution is -2.40. The average Bonchev–Trinajstić information content (AvgIpc) is 2.67. The first-order valence-corrected chi connectivity index (χ1v) is 5.69. The van der Waals surface area contributed by atoms with Crippen molar-refractivity contribution in [2.45, 2.75) is 38.8 Å². The summed E-state index contributed by atoms with van der Waals surface area (Å²) in [6.07, 6.45) is 0.876. The first-order chi connectivity index (χ1) is 8.37. The maximum absolute atomic E-state index is 11.9. The van der Waals surface area contributed by atoms with Gasteiger partial charge < -0.3 is 14.3 Å². The number of rotatable bonds is 3. The van der Waals surface area contributed by atoms with Crippen LogP contribution in [0.1, 0.15) is 28.6 Å². The van der Waals surface area contributed by atoms with E-state index in [-0.39, 0.29) is 13.0 Å². The van der Waals surface area contributed by atoms with Gasteiger partial charge in [0.2, 0.25) is 0 Å². The second kappa shape index (κ2) is 5.49. The Morgan fingerprint density at radius 1 is 1.59 bits per heavy atom. The summed E-state index contributed by atoms with van der Waals surface area (Å²) in [5, 5.41) is 0. The minimum Gasteiger partial charge on any atom is -0.444 e. The Morgan fingerprint density at radius 2 is 2.29 bits per heavy atom. The van der Waals surface area contributed by atoms with E-state index in [2.05, 4.69) is 0 Å². The van der Waals surface area contributed by atoms with Gasteiger partial charge in [-0.2, -0.15) is 0 Å². The fourth-order valence-electron chi connectivity index (χ4n) is 1.90. The van der Waals surface area contributed by atoms with Crippen LogP contribution in [-0.4, -0.2) is 49.2 Å². The maximum Gasteiger partial charge on any atom is 0.410 e. The summed E-state index contributed by atoms with van der Waals surface area (Å²) in [6, 6.07) is -0.445. The third-order valence-corrected chi connectivity index (χ3v) is 2.57. The Hall–Kier alpha value is -1.10. The highest BCUT2D eigenvalue weighted by Crippen LogP contribution is 2.24. The van der Waals surface area contributed by atoms with Gasteiger partial charge in [-0.1, -0.05) is 0 Å². The van der Waals surface area contributed by atoms with Crippen LogP contribution in [0, 0.1) is 5.92 Å². The quantitative estimate of drug-likeness (QED) is 0.705. The SMILES string of the molecule is [2H]COC[C@H]1C[C@@H](C=O)N(C(=O)OC(C)(C)C)C1. The van der Waals surface area contributed by atoms with Gasteiger partial charge in [0, 0.05) is 19.5 Å². The van der Waals surface area contributed by atoms with Crippen molar-refractivity contribution in [3.63, 3.8) is 0 Å². The number of carbonyl (C=O) groups is 2. The Labute approximate surface area is 103 Å². The number of methoxy groups -OCH3 is 1. The normalized spacial score (nSPS) is 25.6. The van der Waals surface area contributed by atoms with Gasteiger partial charge in [0.1, 0.15) is 11.9 Å². The number of likely N-dealkylation sites (tertiary alicyclic amines) is 1. The summed E-state index contributed by atoms with van der Waals surface area (Å²) in [5.74, 6) is 0.0954. The first-order valence-electron chi connectivity index (χ1n) is 6.40. The lowest BCUT2D eigenvalue weighted by atomic mass is 10.1. The number of aldehydes is 1. The van der Waals surface area contributed by atoms with Crippen molar-refractivity contribution in [2.24, 2.45) is 5.92 Å². The maximum atomic E-state index is 11.9. The lowest BCUT2D eigenvalue weighted by Gasteiger charge is -2.26. The Morgan fingerprint density at radius 3 is 2.82 bits per heavy atom. The van der Waals surface area contributed by atoms with Crippen molar-refractivity contribution in [1.82, 2.24) is 4.90 Å². The Bertz CT molecular complexity index is 303. The molecule has 0 aliphatic carbocycles. The van der Waals surface area contributed by atoms with Gasteiger partial charge in [-0.25, -0.2) is 4.79 Å². The van der Waals surface area contributed by atoms with Crippen LogP contribution in [0.2, 0.25) is 0 Å². The van der Waals surface area contributed by atoms with E-state index in [4.69, 9.17) is 10.8 Å². The molecule has 1 aliphatic heterocycles. The molecule has 0 radical (unpaired) electrons. The van der Waals surface area contributed by atoms with Crippen LogP contribution in [0.25, 0.3) is 0 Å². The molecule has 1 amide bonds. The predicted octanol–water partition coefficient (Wildman–Crippen LogP) is 1.46. The van der Waals surface area contributed by atoms with E-state index in [1.54, 1.807) is 20.8 Å². The second-order valence-corrected chi connectivity index (χ2v) is 5.31. The summed E-state index contributed by atoms with van der Waals surface area (Å²) in [4.78, 5) is 24.3. The van der Waals surface area contributed by atoms with E-state index >= 15 is 0 Å². The largest absolute Gasteiger partial charge is 0.444 e. The first kappa shape index (κ1) is 12.4. The molecular weight excluding hydrogens is 222 g/mol. The monoisotopic (exact) mass is 244 g/mol. The molecule has 2 atom stereocenters. The summed E-state index contributed by atoms with van der Waals surface area (Å²) in [6.45, 7) is 6.21. The third-order valence-electron chi connectivity index (χ3n) is 2.57. The number of carbonyl (C=O) groups excluding carboxylic acids is 2. The summed E-state index contributed by atoms with van der Waals surface area (Å²) in [5.41, 5.74) is -0.569. The number of amides is 1. The minimum atomic E-state index is -0.569.